The van der Waals surface area contributed by atoms with Gasteiger partial charge in [-0.15, -0.1) is 0 Å². The van der Waals surface area contributed by atoms with Gasteiger partial charge in [0.05, 0.1) is 16.7 Å². The molecule has 0 radical (unpaired) electrons. The molecular formula is C26H33N7O. The Balaban J connectivity index is 0.00000324. The number of rotatable bonds is 8. The Bertz CT molecular complexity index is 1230. The molecule has 8 nitrogen and oxygen atoms in total. The van der Waals surface area contributed by atoms with E-state index in [1.807, 2.05) is 37.5 Å². The number of carbonyl (C=O) groups excluding carboxylic acids is 1. The van der Waals surface area contributed by atoms with Crippen LogP contribution in [0.4, 0.5) is 10.7 Å². The first-order valence-electron chi connectivity index (χ1n) is 11.1. The number of imidazole rings is 1. The van der Waals surface area contributed by atoms with Crippen LogP contribution in [0.1, 0.15) is 26.3 Å². The fourth-order valence-electron chi connectivity index (χ4n) is 3.76. The summed E-state index contributed by atoms with van der Waals surface area (Å²) in [6, 6.07) is 11.9. The molecule has 34 heavy (non-hydrogen) atoms. The third-order valence-corrected chi connectivity index (χ3v) is 5.32. The number of aromatic nitrogens is 4. The molecule has 1 aromatic carbocycles. The molecule has 0 saturated carbocycles. The number of fused-ring (bicyclic) bond motifs is 1. The average Bonchev–Trinajstić information content (AvgIpc) is 3.21. The summed E-state index contributed by atoms with van der Waals surface area (Å²) < 4.78 is 0. The van der Waals surface area contributed by atoms with E-state index >= 15 is 0 Å². The first-order chi connectivity index (χ1) is 16.0. The molecular weight excluding hydrogens is 426 g/mol. The number of anilines is 1. The maximum Gasteiger partial charge on any atom is 0.321 e. The largest absolute Gasteiger partial charge is 0.338 e. The summed E-state index contributed by atoms with van der Waals surface area (Å²) in [6.45, 7) is 3.44. The fraction of sp³-hybridized carbons (Fsp3) is 0.308. The lowest BCUT2D eigenvalue weighted by molar-refractivity contribution is 0.252. The van der Waals surface area contributed by atoms with Gasteiger partial charge in [0.2, 0.25) is 5.95 Å². The van der Waals surface area contributed by atoms with Gasteiger partial charge in [-0.25, -0.2) is 9.78 Å². The first kappa shape index (κ1) is 24.9. The lowest BCUT2D eigenvalue weighted by Crippen LogP contribution is -2.28. The standard InChI is InChI=1S/C25H29N7O.CH4/c1-4-27-25(33)31-24-29-22-15-19(18-8-5-10-26-16-18)14-20(23(22)30-24)21-13-17(9-11-28-21)7-6-12-32(2)3;/h5,8-11,13-16H,4,6-7,12H2,1-3H3,(H3,27,29,30,31,33);1H4. The molecule has 4 aromatic rings. The van der Waals surface area contributed by atoms with Crippen LogP contribution in [0, 0.1) is 0 Å². The highest BCUT2D eigenvalue weighted by molar-refractivity contribution is 5.98. The smallest absolute Gasteiger partial charge is 0.321 e. The van der Waals surface area contributed by atoms with Gasteiger partial charge >= 0.3 is 6.03 Å². The summed E-state index contributed by atoms with van der Waals surface area (Å²) in [4.78, 5) is 31.0. The molecule has 178 valence electrons. The molecule has 0 bridgehead atoms. The van der Waals surface area contributed by atoms with Crippen LogP contribution in [-0.4, -0.2) is 58.1 Å². The number of carbonyl (C=O) groups is 1. The monoisotopic (exact) mass is 459 g/mol. The van der Waals surface area contributed by atoms with Gasteiger partial charge in [-0.2, -0.15) is 0 Å². The van der Waals surface area contributed by atoms with Gasteiger partial charge in [-0.05, 0) is 81.9 Å². The van der Waals surface area contributed by atoms with Crippen LogP contribution < -0.4 is 10.6 Å². The molecule has 0 aliphatic rings. The van der Waals surface area contributed by atoms with Gasteiger partial charge in [0.25, 0.3) is 0 Å². The summed E-state index contributed by atoms with van der Waals surface area (Å²) >= 11 is 0. The SMILES string of the molecule is C.CCNC(=O)Nc1nc2c(-c3cc(CCCN(C)C)ccn3)cc(-c3cccnc3)cc2[nH]1. The number of aromatic amines is 1. The molecule has 0 saturated heterocycles. The molecule has 0 aliphatic heterocycles. The zero-order chi connectivity index (χ0) is 23.2. The maximum atomic E-state index is 12.0. The molecule has 0 fully saturated rings. The van der Waals surface area contributed by atoms with Gasteiger partial charge in [0.15, 0.2) is 0 Å². The number of H-pyrrole nitrogens is 1. The zero-order valence-corrected chi connectivity index (χ0v) is 19.2. The van der Waals surface area contributed by atoms with Crippen LogP contribution in [0.2, 0.25) is 0 Å². The van der Waals surface area contributed by atoms with Gasteiger partial charge in [0, 0.05) is 36.3 Å². The second-order valence-corrected chi connectivity index (χ2v) is 8.19. The van der Waals surface area contributed by atoms with Crippen LogP contribution in [0.25, 0.3) is 33.4 Å². The third kappa shape index (κ3) is 5.96. The van der Waals surface area contributed by atoms with Crippen LogP contribution in [0.3, 0.4) is 0 Å². The second-order valence-electron chi connectivity index (χ2n) is 8.19. The third-order valence-electron chi connectivity index (χ3n) is 5.32. The van der Waals surface area contributed by atoms with Crippen LogP contribution >= 0.6 is 0 Å². The van der Waals surface area contributed by atoms with Gasteiger partial charge in [0.1, 0.15) is 0 Å². The number of amides is 2. The van der Waals surface area contributed by atoms with Crippen molar-refractivity contribution >= 4 is 23.0 Å². The van der Waals surface area contributed by atoms with Crippen molar-refractivity contribution in [2.75, 3.05) is 32.5 Å². The van der Waals surface area contributed by atoms with E-state index in [4.69, 9.17) is 0 Å². The van der Waals surface area contributed by atoms with E-state index in [2.05, 4.69) is 67.8 Å². The Labute approximate surface area is 200 Å². The quantitative estimate of drug-likeness (QED) is 0.346. The normalized spacial score (nSPS) is 10.8. The number of hydrogen-bond acceptors (Lipinski definition) is 5. The summed E-state index contributed by atoms with van der Waals surface area (Å²) in [5.74, 6) is 0.391. The van der Waals surface area contributed by atoms with E-state index in [1.165, 1.54) is 5.56 Å². The highest BCUT2D eigenvalue weighted by Crippen LogP contribution is 2.33. The Hall–Kier alpha value is -3.78. The number of hydrogen-bond donors (Lipinski definition) is 3. The number of aryl methyl sites for hydroxylation is 1. The summed E-state index contributed by atoms with van der Waals surface area (Å²) in [6.07, 6.45) is 7.49. The molecule has 8 heteroatoms. The Morgan fingerprint density at radius 1 is 1.12 bits per heavy atom. The van der Waals surface area contributed by atoms with Gasteiger partial charge in [-0.1, -0.05) is 13.5 Å². The second kappa shape index (κ2) is 11.4. The minimum absolute atomic E-state index is 0. The summed E-state index contributed by atoms with van der Waals surface area (Å²) in [5, 5.41) is 5.49. The van der Waals surface area contributed by atoms with E-state index in [0.29, 0.717) is 12.5 Å². The Morgan fingerprint density at radius 2 is 1.97 bits per heavy atom. The first-order valence-corrected chi connectivity index (χ1v) is 11.1. The zero-order valence-electron chi connectivity index (χ0n) is 19.2. The summed E-state index contributed by atoms with van der Waals surface area (Å²) in [7, 11) is 4.17. The minimum atomic E-state index is -0.299. The average molecular weight is 460 g/mol. The minimum Gasteiger partial charge on any atom is -0.338 e. The molecule has 0 aliphatic carbocycles. The molecule has 3 heterocycles. The van der Waals surface area contributed by atoms with Crippen molar-refractivity contribution in [1.29, 1.82) is 0 Å². The van der Waals surface area contributed by atoms with Crippen LogP contribution in [0.15, 0.2) is 55.0 Å². The number of nitrogens with zero attached hydrogens (tertiary/aromatic N) is 4. The Morgan fingerprint density at radius 3 is 2.71 bits per heavy atom. The highest BCUT2D eigenvalue weighted by Gasteiger charge is 2.15. The highest BCUT2D eigenvalue weighted by atomic mass is 16.2. The van der Waals surface area contributed by atoms with Gasteiger partial charge in [-0.3, -0.25) is 15.3 Å². The van der Waals surface area contributed by atoms with Crippen molar-refractivity contribution in [1.82, 2.24) is 30.2 Å². The van der Waals surface area contributed by atoms with Crippen molar-refractivity contribution < 1.29 is 4.79 Å². The lowest BCUT2D eigenvalue weighted by atomic mass is 9.99. The van der Waals surface area contributed by atoms with Crippen LogP contribution in [-0.2, 0) is 6.42 Å². The number of benzene rings is 1. The number of urea groups is 1. The van der Waals surface area contributed by atoms with Crippen LogP contribution in [0.5, 0.6) is 0 Å². The summed E-state index contributed by atoms with van der Waals surface area (Å²) in [5.41, 5.74) is 6.56. The van der Waals surface area contributed by atoms with Crippen molar-refractivity contribution in [2.24, 2.45) is 0 Å². The molecule has 0 atom stereocenters. The molecule has 0 spiro atoms. The molecule has 0 unspecified atom stereocenters. The maximum absolute atomic E-state index is 12.0. The number of pyridine rings is 2. The van der Waals surface area contributed by atoms with Crippen molar-refractivity contribution in [3.05, 3.63) is 60.6 Å². The van der Waals surface area contributed by atoms with E-state index in [0.717, 1.165) is 52.8 Å². The number of nitrogens with one attached hydrogen (secondary N) is 3. The molecule has 3 aromatic heterocycles. The predicted octanol–water partition coefficient (Wildman–Crippen LogP) is 4.96. The van der Waals surface area contributed by atoms with E-state index < -0.39 is 0 Å². The van der Waals surface area contributed by atoms with Crippen molar-refractivity contribution in [3.8, 4) is 22.4 Å². The van der Waals surface area contributed by atoms with E-state index in [-0.39, 0.29) is 13.5 Å². The van der Waals surface area contributed by atoms with Crippen molar-refractivity contribution in [3.63, 3.8) is 0 Å². The fourth-order valence-corrected chi connectivity index (χ4v) is 3.76. The molecule has 2 amide bonds. The van der Waals surface area contributed by atoms with Crippen molar-refractivity contribution in [2.45, 2.75) is 27.2 Å². The van der Waals surface area contributed by atoms with E-state index in [1.54, 1.807) is 6.20 Å². The van der Waals surface area contributed by atoms with Gasteiger partial charge < -0.3 is 15.2 Å². The predicted molar refractivity (Wildman–Crippen MR) is 139 cm³/mol. The molecule has 3 N–H and O–H groups in total. The lowest BCUT2D eigenvalue weighted by Gasteiger charge is -2.10. The molecule has 4 rings (SSSR count). The Kier molecular flexibility index (Phi) is 8.32. The topological polar surface area (TPSA) is 98.8 Å². The van der Waals surface area contributed by atoms with E-state index in [9.17, 15) is 4.79 Å².